The maximum Gasteiger partial charge on any atom is 0.410 e. The van der Waals surface area contributed by atoms with Gasteiger partial charge in [0.05, 0.1) is 6.61 Å². The van der Waals surface area contributed by atoms with E-state index in [0.29, 0.717) is 19.2 Å². The third-order valence-corrected chi connectivity index (χ3v) is 5.16. The van der Waals surface area contributed by atoms with Crippen LogP contribution in [0.1, 0.15) is 46.1 Å². The Morgan fingerprint density at radius 2 is 1.93 bits per heavy atom. The number of nitrogens with zero attached hydrogens (tertiary/aromatic N) is 2. The summed E-state index contributed by atoms with van der Waals surface area (Å²) in [5.41, 5.74) is 0.692. The largest absolute Gasteiger partial charge is 0.444 e. The topological polar surface area (TPSA) is 71.1 Å². The molecule has 0 aliphatic carbocycles. The van der Waals surface area contributed by atoms with Crippen molar-refractivity contribution in [2.75, 3.05) is 33.4 Å². The second kappa shape index (κ2) is 11.3. The number of carbonyl (C=O) groups excluding carboxylic acids is 2. The number of likely N-dealkylation sites (tertiary alicyclic amines) is 1. The van der Waals surface area contributed by atoms with Crippen LogP contribution < -0.4 is 5.32 Å². The average molecular weight is 420 g/mol. The number of nitrogens with one attached hydrogen (secondary N) is 1. The van der Waals surface area contributed by atoms with Crippen LogP contribution in [0.3, 0.4) is 0 Å². The first-order chi connectivity index (χ1) is 14.2. The molecular formula is C23H37N3O4. The summed E-state index contributed by atoms with van der Waals surface area (Å²) in [5, 5.41) is 3.10. The molecule has 0 aromatic heterocycles. The summed E-state index contributed by atoms with van der Waals surface area (Å²) in [5.74, 6) is -0.161. The maximum atomic E-state index is 12.6. The lowest BCUT2D eigenvalue weighted by Crippen LogP contribution is -2.51. The second-order valence-electron chi connectivity index (χ2n) is 8.99. The number of amides is 2. The van der Waals surface area contributed by atoms with Gasteiger partial charge in [-0.15, -0.1) is 0 Å². The molecular weight excluding hydrogens is 382 g/mol. The summed E-state index contributed by atoms with van der Waals surface area (Å²) in [6.45, 7) is 10.1. The lowest BCUT2D eigenvalue weighted by molar-refractivity contribution is -0.123. The lowest BCUT2D eigenvalue weighted by atomic mass is 9.97. The molecule has 1 aromatic carbocycles. The van der Waals surface area contributed by atoms with Gasteiger partial charge in [0.2, 0.25) is 5.91 Å². The van der Waals surface area contributed by atoms with Crippen LogP contribution in [0.4, 0.5) is 4.79 Å². The highest BCUT2D eigenvalue weighted by molar-refractivity contribution is 5.82. The van der Waals surface area contributed by atoms with E-state index >= 15 is 0 Å². The molecule has 1 saturated heterocycles. The van der Waals surface area contributed by atoms with Crippen molar-refractivity contribution < 1.29 is 19.1 Å². The molecule has 7 nitrogen and oxygen atoms in total. The zero-order valence-electron chi connectivity index (χ0n) is 19.0. The van der Waals surface area contributed by atoms with Crippen LogP contribution in [0, 0.1) is 0 Å². The zero-order valence-corrected chi connectivity index (χ0v) is 19.0. The number of rotatable bonds is 8. The van der Waals surface area contributed by atoms with Crippen molar-refractivity contribution in [3.8, 4) is 0 Å². The monoisotopic (exact) mass is 419 g/mol. The maximum absolute atomic E-state index is 12.6. The highest BCUT2D eigenvalue weighted by Crippen LogP contribution is 2.20. The average Bonchev–Trinajstić information content (AvgIpc) is 2.66. The van der Waals surface area contributed by atoms with E-state index in [1.807, 2.05) is 26.8 Å². The van der Waals surface area contributed by atoms with E-state index in [1.54, 1.807) is 7.11 Å². The predicted octanol–water partition coefficient (Wildman–Crippen LogP) is 3.04. The van der Waals surface area contributed by atoms with Crippen LogP contribution in [0.2, 0.25) is 0 Å². The van der Waals surface area contributed by atoms with Gasteiger partial charge in [0.25, 0.3) is 0 Å². The van der Waals surface area contributed by atoms with Gasteiger partial charge in [0.1, 0.15) is 12.1 Å². The first-order valence-electron chi connectivity index (χ1n) is 10.7. The minimum atomic E-state index is -0.611. The number of carbonyl (C=O) groups is 2. The highest BCUT2D eigenvalue weighted by Gasteiger charge is 2.28. The van der Waals surface area contributed by atoms with Crippen molar-refractivity contribution in [1.29, 1.82) is 0 Å². The SMILES string of the molecule is COCCN(CC(=O)N[C@@H]1CCN(Cc2ccccc2)[C@@H](C)C1)C(=O)OC(C)(C)C. The van der Waals surface area contributed by atoms with Gasteiger partial charge in [0, 0.05) is 38.8 Å². The van der Waals surface area contributed by atoms with Gasteiger partial charge in [-0.1, -0.05) is 30.3 Å². The molecule has 1 aliphatic rings. The fourth-order valence-electron chi connectivity index (χ4n) is 3.61. The number of methoxy groups -OCH3 is 1. The van der Waals surface area contributed by atoms with E-state index in [9.17, 15) is 9.59 Å². The van der Waals surface area contributed by atoms with Crippen molar-refractivity contribution in [3.63, 3.8) is 0 Å². The summed E-state index contributed by atoms with van der Waals surface area (Å²) in [6.07, 6.45) is 1.29. The number of hydrogen-bond donors (Lipinski definition) is 1. The Labute approximate surface area is 180 Å². The zero-order chi connectivity index (χ0) is 22.1. The van der Waals surface area contributed by atoms with Crippen molar-refractivity contribution in [3.05, 3.63) is 35.9 Å². The van der Waals surface area contributed by atoms with E-state index in [-0.39, 0.29) is 18.5 Å². The molecule has 7 heteroatoms. The highest BCUT2D eigenvalue weighted by atomic mass is 16.6. The molecule has 1 fully saturated rings. The predicted molar refractivity (Wildman–Crippen MR) is 117 cm³/mol. The van der Waals surface area contributed by atoms with Crippen LogP contribution in [-0.2, 0) is 20.8 Å². The minimum absolute atomic E-state index is 0.0309. The molecule has 1 aliphatic heterocycles. The van der Waals surface area contributed by atoms with Crippen molar-refractivity contribution in [1.82, 2.24) is 15.1 Å². The molecule has 30 heavy (non-hydrogen) atoms. The number of benzene rings is 1. The van der Waals surface area contributed by atoms with E-state index in [4.69, 9.17) is 9.47 Å². The summed E-state index contributed by atoms with van der Waals surface area (Å²) in [7, 11) is 1.57. The van der Waals surface area contributed by atoms with Crippen molar-refractivity contribution in [2.24, 2.45) is 0 Å². The summed E-state index contributed by atoms with van der Waals surface area (Å²) >= 11 is 0. The fourth-order valence-corrected chi connectivity index (χ4v) is 3.61. The number of hydrogen-bond acceptors (Lipinski definition) is 5. The fraction of sp³-hybridized carbons (Fsp3) is 0.652. The third kappa shape index (κ3) is 8.32. The van der Waals surface area contributed by atoms with Gasteiger partial charge in [0.15, 0.2) is 0 Å². The molecule has 0 bridgehead atoms. The molecule has 1 heterocycles. The minimum Gasteiger partial charge on any atom is -0.444 e. The van der Waals surface area contributed by atoms with Gasteiger partial charge in [-0.2, -0.15) is 0 Å². The van der Waals surface area contributed by atoms with Crippen LogP contribution >= 0.6 is 0 Å². The Bertz CT molecular complexity index is 675. The Morgan fingerprint density at radius 3 is 2.53 bits per heavy atom. The molecule has 0 spiro atoms. The van der Waals surface area contributed by atoms with Crippen LogP contribution in [0.5, 0.6) is 0 Å². The molecule has 1 aromatic rings. The summed E-state index contributed by atoms with van der Waals surface area (Å²) < 4.78 is 10.5. The van der Waals surface area contributed by atoms with Gasteiger partial charge in [-0.3, -0.25) is 14.6 Å². The van der Waals surface area contributed by atoms with E-state index in [0.717, 1.165) is 25.9 Å². The van der Waals surface area contributed by atoms with Gasteiger partial charge in [-0.05, 0) is 46.1 Å². The Morgan fingerprint density at radius 1 is 1.23 bits per heavy atom. The Balaban J connectivity index is 1.84. The molecule has 0 radical (unpaired) electrons. The van der Waals surface area contributed by atoms with Gasteiger partial charge < -0.3 is 14.8 Å². The standard InChI is InChI=1S/C23H37N3O4/c1-18-15-20(11-12-25(18)16-19-9-7-6-8-10-19)24-21(27)17-26(13-14-29-5)22(28)30-23(2,3)4/h6-10,18,20H,11-17H2,1-5H3,(H,24,27)/t18-,20+/m0/s1. The molecule has 2 amide bonds. The van der Waals surface area contributed by atoms with Crippen molar-refractivity contribution >= 4 is 12.0 Å². The van der Waals surface area contributed by atoms with E-state index in [2.05, 4.69) is 41.4 Å². The molecule has 168 valence electrons. The van der Waals surface area contributed by atoms with Crippen LogP contribution in [0.25, 0.3) is 0 Å². The molecule has 1 N–H and O–H groups in total. The van der Waals surface area contributed by atoms with Gasteiger partial charge >= 0.3 is 6.09 Å². The third-order valence-electron chi connectivity index (χ3n) is 5.16. The lowest BCUT2D eigenvalue weighted by Gasteiger charge is -2.38. The number of ether oxygens (including phenoxy) is 2. The van der Waals surface area contributed by atoms with Gasteiger partial charge in [-0.25, -0.2) is 4.79 Å². The summed E-state index contributed by atoms with van der Waals surface area (Å²) in [6, 6.07) is 10.9. The van der Waals surface area contributed by atoms with Crippen molar-refractivity contribution in [2.45, 2.75) is 64.8 Å². The van der Waals surface area contributed by atoms with E-state index in [1.165, 1.54) is 10.5 Å². The molecule has 0 saturated carbocycles. The number of piperidine rings is 1. The van der Waals surface area contributed by atoms with E-state index < -0.39 is 11.7 Å². The quantitative estimate of drug-likeness (QED) is 0.701. The van der Waals surface area contributed by atoms with Crippen LogP contribution in [-0.4, -0.2) is 72.8 Å². The normalized spacial score (nSPS) is 19.9. The van der Waals surface area contributed by atoms with Crippen LogP contribution in [0.15, 0.2) is 30.3 Å². The molecule has 0 unspecified atom stereocenters. The second-order valence-corrected chi connectivity index (χ2v) is 8.99. The smallest absolute Gasteiger partial charge is 0.410 e. The first-order valence-corrected chi connectivity index (χ1v) is 10.7. The summed E-state index contributed by atoms with van der Waals surface area (Å²) in [4.78, 5) is 28.9. The molecule has 2 rings (SSSR count). The molecule has 2 atom stereocenters. The first kappa shape index (κ1) is 24.2. The Kier molecular flexibility index (Phi) is 9.11. The Hall–Kier alpha value is -2.12.